The Hall–Kier alpha value is -1.13. The quantitative estimate of drug-likeness (QED) is 0.0290. The molecule has 0 aromatic carbocycles. The third-order valence-electron chi connectivity index (χ3n) is 9.00. The summed E-state index contributed by atoms with van der Waals surface area (Å²) < 4.78 is 6.34. The van der Waals surface area contributed by atoms with E-state index >= 15 is 0 Å². The smallest absolute Gasteiger partial charge is 0.305 e. The van der Waals surface area contributed by atoms with Gasteiger partial charge in [-0.3, -0.25) is 9.59 Å². The van der Waals surface area contributed by atoms with E-state index in [4.69, 9.17) is 4.74 Å². The summed E-state index contributed by atoms with van der Waals surface area (Å²) in [4.78, 5) is 25.5. The summed E-state index contributed by atoms with van der Waals surface area (Å²) in [6.45, 7) is 5.49. The van der Waals surface area contributed by atoms with Crippen molar-refractivity contribution in [3.63, 3.8) is 0 Å². The normalized spacial score (nSPS) is 12.5. The third kappa shape index (κ3) is 37.5. The highest BCUT2D eigenvalue weighted by atomic mass is 35.5. The molecule has 0 radical (unpaired) electrons. The van der Waals surface area contributed by atoms with Crippen LogP contribution in [-0.2, 0) is 14.3 Å². The van der Waals surface area contributed by atoms with Gasteiger partial charge in [0.1, 0.15) is 18.3 Å². The number of halogens is 1. The maximum Gasteiger partial charge on any atom is 0.305 e. The number of nitrogens with zero attached hydrogens (tertiary/aromatic N) is 1. The maximum atomic E-state index is 13.1. The van der Waals surface area contributed by atoms with Gasteiger partial charge in [-0.2, -0.15) is 0 Å². The SMILES string of the molecule is CCCCCCCC/C=C/CCCCCCCC(=O)OCC(C[N+](C)(C)C)C(=O)CCCCCCC/C=C/CCCCCCCC.[Cl-]. The Labute approximate surface area is 300 Å². The lowest BCUT2D eigenvalue weighted by Crippen LogP contribution is -3.00. The van der Waals surface area contributed by atoms with Crippen LogP contribution in [0.15, 0.2) is 24.3 Å². The Morgan fingerprint density at radius 1 is 0.511 bits per heavy atom. The third-order valence-corrected chi connectivity index (χ3v) is 9.00. The van der Waals surface area contributed by atoms with Crippen LogP contribution in [0.25, 0.3) is 0 Å². The van der Waals surface area contributed by atoms with E-state index in [-0.39, 0.29) is 36.7 Å². The van der Waals surface area contributed by atoms with Crippen LogP contribution in [0.3, 0.4) is 0 Å². The summed E-state index contributed by atoms with van der Waals surface area (Å²) in [5.41, 5.74) is 0. The van der Waals surface area contributed by atoms with Crippen LogP contribution in [0.4, 0.5) is 0 Å². The Morgan fingerprint density at radius 3 is 1.23 bits per heavy atom. The van der Waals surface area contributed by atoms with Gasteiger partial charge < -0.3 is 21.6 Å². The lowest BCUT2D eigenvalue weighted by molar-refractivity contribution is -0.872. The number of hydrogen-bond acceptors (Lipinski definition) is 3. The summed E-state index contributed by atoms with van der Waals surface area (Å²) in [5, 5.41) is 0. The van der Waals surface area contributed by atoms with E-state index in [0.29, 0.717) is 23.9 Å². The van der Waals surface area contributed by atoms with Gasteiger partial charge in [-0.1, -0.05) is 141 Å². The Bertz CT molecular complexity index is 743. The number of unbranched alkanes of at least 4 members (excludes halogenated alkanes) is 22. The minimum absolute atomic E-state index is 0. The molecule has 0 saturated carbocycles. The summed E-state index contributed by atoms with van der Waals surface area (Å²) >= 11 is 0. The predicted octanol–water partition coefficient (Wildman–Crippen LogP) is 9.50. The topological polar surface area (TPSA) is 43.4 Å². The molecule has 278 valence electrons. The van der Waals surface area contributed by atoms with Crippen LogP contribution in [0, 0.1) is 5.92 Å². The first-order valence-corrected chi connectivity index (χ1v) is 20.1. The molecule has 0 aromatic heterocycles. The fourth-order valence-corrected chi connectivity index (χ4v) is 6.09. The Morgan fingerprint density at radius 2 is 0.851 bits per heavy atom. The van der Waals surface area contributed by atoms with Crippen molar-refractivity contribution in [1.29, 1.82) is 0 Å². The fourth-order valence-electron chi connectivity index (χ4n) is 6.09. The number of ketones is 1. The molecule has 1 unspecified atom stereocenters. The molecule has 0 aliphatic heterocycles. The zero-order chi connectivity index (χ0) is 34.0. The molecule has 0 saturated heterocycles. The van der Waals surface area contributed by atoms with Crippen molar-refractivity contribution in [2.75, 3.05) is 34.3 Å². The standard InChI is InChI=1S/C42H80NO3.ClH/c1-6-8-10-12-14-16-18-20-22-24-26-28-30-32-34-36-41(44)40(38-43(3,4)5)39-46-42(45)37-35-33-31-29-27-25-23-21-19-17-15-13-11-9-7-2;/h20-23,40H,6-19,24-39H2,1-5H3;1H/q+1;/p-1/b22-20+,23-21+;. The molecule has 1 atom stereocenters. The van der Waals surface area contributed by atoms with Crippen LogP contribution >= 0.6 is 0 Å². The van der Waals surface area contributed by atoms with Crippen LogP contribution in [0.1, 0.15) is 194 Å². The number of Topliss-reactive ketones (excluding diaryl/α,β-unsaturated/α-hetero) is 1. The van der Waals surface area contributed by atoms with E-state index in [0.717, 1.165) is 25.7 Å². The lowest BCUT2D eigenvalue weighted by Gasteiger charge is -2.28. The van der Waals surface area contributed by atoms with E-state index in [1.807, 2.05) is 0 Å². The number of ether oxygens (including phenoxy) is 1. The molecule has 0 aromatic rings. The summed E-state index contributed by atoms with van der Waals surface area (Å²) in [6.07, 6.45) is 43.1. The minimum Gasteiger partial charge on any atom is -1.00 e. The first-order valence-electron chi connectivity index (χ1n) is 20.1. The van der Waals surface area contributed by atoms with Gasteiger partial charge in [0.25, 0.3) is 0 Å². The second-order valence-corrected chi connectivity index (χ2v) is 15.0. The van der Waals surface area contributed by atoms with Crippen LogP contribution in [0.2, 0.25) is 0 Å². The Balaban J connectivity index is 0. The van der Waals surface area contributed by atoms with E-state index < -0.39 is 0 Å². The average Bonchev–Trinajstić information content (AvgIpc) is 3.02. The van der Waals surface area contributed by atoms with E-state index in [1.54, 1.807) is 0 Å². The summed E-state index contributed by atoms with van der Waals surface area (Å²) in [7, 11) is 6.32. The molecular formula is C42H80ClNO3. The number of carbonyl (C=O) groups is 2. The summed E-state index contributed by atoms with van der Waals surface area (Å²) in [6, 6.07) is 0. The van der Waals surface area contributed by atoms with Crippen molar-refractivity contribution in [3.05, 3.63) is 24.3 Å². The molecular weight excluding hydrogens is 602 g/mol. The number of rotatable bonds is 35. The minimum atomic E-state index is -0.199. The van der Waals surface area contributed by atoms with Crippen molar-refractivity contribution in [2.45, 2.75) is 194 Å². The van der Waals surface area contributed by atoms with Crippen molar-refractivity contribution < 1.29 is 31.2 Å². The largest absolute Gasteiger partial charge is 1.00 e. The van der Waals surface area contributed by atoms with Crippen LogP contribution < -0.4 is 12.4 Å². The highest BCUT2D eigenvalue weighted by molar-refractivity contribution is 5.81. The van der Waals surface area contributed by atoms with E-state index in [1.165, 1.54) is 141 Å². The number of quaternary nitrogens is 1. The Kier molecular flexibility index (Phi) is 36.9. The van der Waals surface area contributed by atoms with Gasteiger partial charge in [-0.15, -0.1) is 0 Å². The zero-order valence-corrected chi connectivity index (χ0v) is 32.9. The fraction of sp³-hybridized carbons (Fsp3) is 0.857. The van der Waals surface area contributed by atoms with Gasteiger partial charge in [-0.05, 0) is 64.2 Å². The van der Waals surface area contributed by atoms with Gasteiger partial charge in [0, 0.05) is 12.8 Å². The number of hydrogen-bond donors (Lipinski definition) is 0. The number of esters is 1. The van der Waals surface area contributed by atoms with Crippen LogP contribution in [0.5, 0.6) is 0 Å². The monoisotopic (exact) mass is 682 g/mol. The summed E-state index contributed by atoms with van der Waals surface area (Å²) in [5.74, 6) is -0.0767. The van der Waals surface area contributed by atoms with Crippen molar-refractivity contribution >= 4 is 11.8 Å². The first-order chi connectivity index (χ1) is 22.3. The molecule has 0 heterocycles. The predicted molar refractivity (Wildman–Crippen MR) is 201 cm³/mol. The molecule has 47 heavy (non-hydrogen) atoms. The van der Waals surface area contributed by atoms with Crippen molar-refractivity contribution in [1.82, 2.24) is 0 Å². The van der Waals surface area contributed by atoms with Gasteiger partial charge in [-0.25, -0.2) is 0 Å². The molecule has 0 spiro atoms. The zero-order valence-electron chi connectivity index (χ0n) is 32.1. The molecule has 0 fully saturated rings. The van der Waals surface area contributed by atoms with Gasteiger partial charge in [0.15, 0.2) is 0 Å². The first kappa shape index (κ1) is 48.0. The molecule has 0 rings (SSSR count). The number of carbonyl (C=O) groups excluding carboxylic acids is 2. The second-order valence-electron chi connectivity index (χ2n) is 15.0. The molecule has 0 aliphatic rings. The highest BCUT2D eigenvalue weighted by Gasteiger charge is 2.26. The highest BCUT2D eigenvalue weighted by Crippen LogP contribution is 2.15. The number of allylic oxidation sites excluding steroid dienone is 4. The molecule has 0 bridgehead atoms. The molecule has 0 amide bonds. The van der Waals surface area contributed by atoms with Crippen LogP contribution in [-0.4, -0.2) is 50.5 Å². The van der Waals surface area contributed by atoms with Gasteiger partial charge in [0.2, 0.25) is 0 Å². The maximum absolute atomic E-state index is 13.1. The van der Waals surface area contributed by atoms with Crippen molar-refractivity contribution in [2.24, 2.45) is 5.92 Å². The lowest BCUT2D eigenvalue weighted by atomic mass is 9.98. The van der Waals surface area contributed by atoms with Crippen molar-refractivity contribution in [3.8, 4) is 0 Å². The second kappa shape index (κ2) is 36.2. The average molecular weight is 683 g/mol. The molecule has 4 nitrogen and oxygen atoms in total. The molecule has 0 N–H and O–H groups in total. The van der Waals surface area contributed by atoms with E-state index in [9.17, 15) is 9.59 Å². The molecule has 0 aliphatic carbocycles. The molecule has 5 heteroatoms. The van der Waals surface area contributed by atoms with E-state index in [2.05, 4.69) is 59.3 Å². The van der Waals surface area contributed by atoms with Gasteiger partial charge in [0.05, 0.1) is 27.7 Å². The van der Waals surface area contributed by atoms with Gasteiger partial charge >= 0.3 is 5.97 Å².